The van der Waals surface area contributed by atoms with Gasteiger partial charge in [0.2, 0.25) is 0 Å². The van der Waals surface area contributed by atoms with E-state index in [1.807, 2.05) is 0 Å². The second-order valence-electron chi connectivity index (χ2n) is 4.67. The molecule has 1 aromatic heterocycles. The molecule has 18 heavy (non-hydrogen) atoms. The van der Waals surface area contributed by atoms with Gasteiger partial charge >= 0.3 is 0 Å². The molecule has 2 heterocycles. The Morgan fingerprint density at radius 2 is 2.22 bits per heavy atom. The number of fused-ring (bicyclic) bond motifs is 1. The zero-order valence-electron chi connectivity index (χ0n) is 10.4. The minimum absolute atomic E-state index is 0.275. The van der Waals surface area contributed by atoms with Crippen molar-refractivity contribution in [1.29, 1.82) is 0 Å². The third-order valence-electron chi connectivity index (χ3n) is 3.37. The Morgan fingerprint density at radius 1 is 1.39 bits per heavy atom. The van der Waals surface area contributed by atoms with Crippen molar-refractivity contribution in [3.05, 3.63) is 34.1 Å². The smallest absolute Gasteiger partial charge is 0.164 e. The lowest BCUT2D eigenvalue weighted by molar-refractivity contribution is 0.439. The average Bonchev–Trinajstić information content (AvgIpc) is 2.78. The maximum absolute atomic E-state index is 4.35. The molecule has 0 amide bonds. The van der Waals surface area contributed by atoms with Gasteiger partial charge < -0.3 is 9.88 Å². The number of aromatic nitrogens is 3. The lowest BCUT2D eigenvalue weighted by atomic mass is 10.1. The molecule has 0 saturated heterocycles. The summed E-state index contributed by atoms with van der Waals surface area (Å²) >= 11 is 3.52. The summed E-state index contributed by atoms with van der Waals surface area (Å²) < 4.78 is 3.34. The third kappa shape index (κ3) is 1.87. The van der Waals surface area contributed by atoms with Gasteiger partial charge in [-0.05, 0) is 31.5 Å². The lowest BCUT2D eigenvalue weighted by Crippen LogP contribution is -2.32. The van der Waals surface area contributed by atoms with Crippen LogP contribution in [-0.2, 0) is 6.54 Å². The molecule has 1 atom stereocenters. The highest BCUT2D eigenvalue weighted by atomic mass is 79.9. The first-order valence-electron chi connectivity index (χ1n) is 6.10. The predicted octanol–water partition coefficient (Wildman–Crippen LogP) is 2.68. The quantitative estimate of drug-likeness (QED) is 0.881. The first kappa shape index (κ1) is 11.9. The Labute approximate surface area is 115 Å². The third-order valence-corrected chi connectivity index (χ3v) is 4.26. The summed E-state index contributed by atoms with van der Waals surface area (Å²) in [4.78, 5) is 0. The van der Waals surface area contributed by atoms with Crippen LogP contribution in [0.4, 0.5) is 0 Å². The average molecular weight is 307 g/mol. The van der Waals surface area contributed by atoms with Gasteiger partial charge in [0.1, 0.15) is 5.82 Å². The fourth-order valence-corrected chi connectivity index (χ4v) is 2.58. The van der Waals surface area contributed by atoms with Gasteiger partial charge in [0, 0.05) is 23.1 Å². The van der Waals surface area contributed by atoms with Crippen LogP contribution < -0.4 is 5.32 Å². The van der Waals surface area contributed by atoms with E-state index in [0.29, 0.717) is 0 Å². The fourth-order valence-electron chi connectivity index (χ4n) is 2.34. The standard InChI is InChI=1S/C13H15BrN4/c1-8-7-10(3-4-11(8)14)13-17-16-12-9(2)15-5-6-18(12)13/h3-4,7,9,15H,5-6H2,1-2H3. The van der Waals surface area contributed by atoms with Crippen molar-refractivity contribution in [3.63, 3.8) is 0 Å². The number of nitrogens with one attached hydrogen (secondary N) is 1. The SMILES string of the molecule is Cc1cc(-c2nnc3n2CCNC3C)ccc1Br. The van der Waals surface area contributed by atoms with E-state index < -0.39 is 0 Å². The van der Waals surface area contributed by atoms with Gasteiger partial charge in [0.05, 0.1) is 6.04 Å². The molecule has 1 aromatic carbocycles. The summed E-state index contributed by atoms with van der Waals surface area (Å²) in [5.74, 6) is 1.99. The van der Waals surface area contributed by atoms with Crippen molar-refractivity contribution in [2.24, 2.45) is 0 Å². The van der Waals surface area contributed by atoms with E-state index in [2.05, 4.69) is 68.1 Å². The zero-order chi connectivity index (χ0) is 12.7. The minimum atomic E-state index is 0.275. The molecule has 0 aliphatic carbocycles. The molecule has 2 aromatic rings. The molecule has 0 saturated carbocycles. The van der Waals surface area contributed by atoms with Crippen LogP contribution in [0.3, 0.4) is 0 Å². The van der Waals surface area contributed by atoms with Crippen molar-refractivity contribution in [1.82, 2.24) is 20.1 Å². The Kier molecular flexibility index (Phi) is 2.95. The molecule has 0 bridgehead atoms. The van der Waals surface area contributed by atoms with Gasteiger partial charge in [-0.2, -0.15) is 0 Å². The van der Waals surface area contributed by atoms with Crippen molar-refractivity contribution in [2.45, 2.75) is 26.4 Å². The van der Waals surface area contributed by atoms with Crippen LogP contribution in [0.1, 0.15) is 24.4 Å². The summed E-state index contributed by atoms with van der Waals surface area (Å²) in [7, 11) is 0. The molecule has 1 unspecified atom stereocenters. The van der Waals surface area contributed by atoms with Gasteiger partial charge in [-0.15, -0.1) is 10.2 Å². The minimum Gasteiger partial charge on any atom is -0.308 e. The first-order chi connectivity index (χ1) is 8.66. The van der Waals surface area contributed by atoms with E-state index >= 15 is 0 Å². The van der Waals surface area contributed by atoms with Crippen molar-refractivity contribution in [2.75, 3.05) is 6.54 Å². The topological polar surface area (TPSA) is 42.7 Å². The number of aryl methyl sites for hydroxylation is 1. The number of hydrogen-bond acceptors (Lipinski definition) is 3. The monoisotopic (exact) mass is 306 g/mol. The molecular weight excluding hydrogens is 292 g/mol. The fraction of sp³-hybridized carbons (Fsp3) is 0.385. The molecule has 1 aliphatic heterocycles. The van der Waals surface area contributed by atoms with Gasteiger partial charge in [-0.3, -0.25) is 0 Å². The number of halogens is 1. The molecule has 4 nitrogen and oxygen atoms in total. The number of benzene rings is 1. The summed E-state index contributed by atoms with van der Waals surface area (Å²) in [6.07, 6.45) is 0. The Morgan fingerprint density at radius 3 is 3.00 bits per heavy atom. The highest BCUT2D eigenvalue weighted by Gasteiger charge is 2.21. The molecular formula is C13H15BrN4. The van der Waals surface area contributed by atoms with E-state index in [9.17, 15) is 0 Å². The van der Waals surface area contributed by atoms with Crippen LogP contribution in [0, 0.1) is 6.92 Å². The summed E-state index contributed by atoms with van der Waals surface area (Å²) in [6, 6.07) is 6.57. The highest BCUT2D eigenvalue weighted by molar-refractivity contribution is 9.10. The maximum atomic E-state index is 4.35. The van der Waals surface area contributed by atoms with E-state index in [4.69, 9.17) is 0 Å². The summed E-state index contributed by atoms with van der Waals surface area (Å²) in [6.45, 7) is 6.10. The Hall–Kier alpha value is -1.20. The van der Waals surface area contributed by atoms with Crippen molar-refractivity contribution >= 4 is 15.9 Å². The summed E-state index contributed by atoms with van der Waals surface area (Å²) in [5, 5.41) is 12.0. The van der Waals surface area contributed by atoms with E-state index in [1.54, 1.807) is 0 Å². The Balaban J connectivity index is 2.09. The number of nitrogens with zero attached hydrogens (tertiary/aromatic N) is 3. The van der Waals surface area contributed by atoms with E-state index in [0.717, 1.165) is 34.8 Å². The number of hydrogen-bond donors (Lipinski definition) is 1. The highest BCUT2D eigenvalue weighted by Crippen LogP contribution is 2.26. The molecule has 1 N–H and O–H groups in total. The van der Waals surface area contributed by atoms with Gasteiger partial charge in [0.25, 0.3) is 0 Å². The molecule has 0 radical (unpaired) electrons. The molecule has 1 aliphatic rings. The lowest BCUT2D eigenvalue weighted by Gasteiger charge is -2.22. The van der Waals surface area contributed by atoms with Crippen molar-refractivity contribution in [3.8, 4) is 11.4 Å². The maximum Gasteiger partial charge on any atom is 0.164 e. The molecule has 0 fully saturated rings. The normalized spacial score (nSPS) is 18.7. The van der Waals surface area contributed by atoms with Gasteiger partial charge in [-0.25, -0.2) is 0 Å². The second kappa shape index (κ2) is 4.48. The Bertz CT molecular complexity index is 591. The van der Waals surface area contributed by atoms with Crippen LogP contribution >= 0.6 is 15.9 Å². The predicted molar refractivity (Wildman–Crippen MR) is 74.3 cm³/mol. The second-order valence-corrected chi connectivity index (χ2v) is 5.53. The van der Waals surface area contributed by atoms with Crippen LogP contribution in [0.15, 0.2) is 22.7 Å². The molecule has 0 spiro atoms. The van der Waals surface area contributed by atoms with Crippen LogP contribution in [0.5, 0.6) is 0 Å². The molecule has 3 rings (SSSR count). The van der Waals surface area contributed by atoms with Crippen molar-refractivity contribution < 1.29 is 0 Å². The first-order valence-corrected chi connectivity index (χ1v) is 6.89. The van der Waals surface area contributed by atoms with Crippen LogP contribution in [0.2, 0.25) is 0 Å². The van der Waals surface area contributed by atoms with E-state index in [1.165, 1.54) is 5.56 Å². The molecule has 94 valence electrons. The molecule has 5 heteroatoms. The largest absolute Gasteiger partial charge is 0.308 e. The van der Waals surface area contributed by atoms with Gasteiger partial charge in [0.15, 0.2) is 5.82 Å². The van der Waals surface area contributed by atoms with Crippen LogP contribution in [0.25, 0.3) is 11.4 Å². The number of rotatable bonds is 1. The zero-order valence-corrected chi connectivity index (χ0v) is 12.0. The summed E-state index contributed by atoms with van der Waals surface area (Å²) in [5.41, 5.74) is 2.34. The van der Waals surface area contributed by atoms with Gasteiger partial charge in [-0.1, -0.05) is 22.0 Å². The van der Waals surface area contributed by atoms with Crippen LogP contribution in [-0.4, -0.2) is 21.3 Å². The van der Waals surface area contributed by atoms with E-state index in [-0.39, 0.29) is 6.04 Å².